The number of rotatable bonds is 3. The molecule has 0 radical (unpaired) electrons. The van der Waals surface area contributed by atoms with Crippen LogP contribution in [0.15, 0.2) is 46.8 Å². The summed E-state index contributed by atoms with van der Waals surface area (Å²) in [5.41, 5.74) is 4.36. The summed E-state index contributed by atoms with van der Waals surface area (Å²) < 4.78 is 1.95. The second-order valence-corrected chi connectivity index (χ2v) is 6.05. The molecule has 0 fully saturated rings. The first kappa shape index (κ1) is 15.2. The molecular formula is C18H20N4O. The third-order valence-corrected chi connectivity index (χ3v) is 3.78. The van der Waals surface area contributed by atoms with Crippen molar-refractivity contribution in [2.75, 3.05) is 0 Å². The third-order valence-electron chi connectivity index (χ3n) is 3.78. The van der Waals surface area contributed by atoms with Crippen LogP contribution in [0.5, 0.6) is 5.75 Å². The number of fused-ring (bicyclic) bond motifs is 1. The molecule has 0 saturated heterocycles. The Balaban J connectivity index is 2.15. The first-order chi connectivity index (χ1) is 11.0. The van der Waals surface area contributed by atoms with E-state index in [-0.39, 0.29) is 11.7 Å². The maximum Gasteiger partial charge on any atom is 0.183 e. The monoisotopic (exact) mass is 308 g/mol. The first-order valence-corrected chi connectivity index (χ1v) is 7.66. The minimum Gasteiger partial charge on any atom is -0.506 e. The van der Waals surface area contributed by atoms with Gasteiger partial charge in [0.15, 0.2) is 5.82 Å². The van der Waals surface area contributed by atoms with Gasteiger partial charge in [-0.25, -0.2) is 4.98 Å². The normalized spacial score (nSPS) is 11.9. The van der Waals surface area contributed by atoms with Crippen molar-refractivity contribution in [3.63, 3.8) is 0 Å². The number of aromatic nitrogens is 2. The Hall–Kier alpha value is -2.69. The predicted octanol–water partition coefficient (Wildman–Crippen LogP) is 5.20. The number of nitrogens with zero attached hydrogens (tertiary/aromatic N) is 4. The van der Waals surface area contributed by atoms with Crippen LogP contribution in [-0.2, 0) is 0 Å². The van der Waals surface area contributed by atoms with Gasteiger partial charge in [0.25, 0.3) is 0 Å². The van der Waals surface area contributed by atoms with E-state index in [1.807, 2.05) is 48.7 Å². The summed E-state index contributed by atoms with van der Waals surface area (Å²) in [6.45, 7) is 8.15. The fourth-order valence-electron chi connectivity index (χ4n) is 2.51. The summed E-state index contributed by atoms with van der Waals surface area (Å²) in [5.74, 6) is 1.06. The Kier molecular flexibility index (Phi) is 3.86. The van der Waals surface area contributed by atoms with Gasteiger partial charge in [0.05, 0.1) is 5.69 Å². The first-order valence-electron chi connectivity index (χ1n) is 7.66. The zero-order valence-electron chi connectivity index (χ0n) is 13.8. The molecule has 2 aromatic heterocycles. The fraction of sp³-hybridized carbons (Fsp3) is 0.278. The topological polar surface area (TPSA) is 62.2 Å². The molecule has 0 unspecified atom stereocenters. The average molecular weight is 308 g/mol. The smallest absolute Gasteiger partial charge is 0.183 e. The Bertz CT molecular complexity index is 893. The molecule has 0 atom stereocenters. The highest BCUT2D eigenvalue weighted by molar-refractivity contribution is 5.58. The van der Waals surface area contributed by atoms with E-state index in [4.69, 9.17) is 4.98 Å². The lowest BCUT2D eigenvalue weighted by atomic mass is 10.1. The van der Waals surface area contributed by atoms with E-state index >= 15 is 0 Å². The van der Waals surface area contributed by atoms with Gasteiger partial charge in [-0.2, -0.15) is 0 Å². The molecule has 5 heteroatoms. The summed E-state index contributed by atoms with van der Waals surface area (Å²) in [6, 6.07) is 9.27. The van der Waals surface area contributed by atoms with Crippen molar-refractivity contribution < 1.29 is 5.11 Å². The van der Waals surface area contributed by atoms with Crippen molar-refractivity contribution in [1.82, 2.24) is 9.38 Å². The van der Waals surface area contributed by atoms with E-state index < -0.39 is 0 Å². The number of hydrogen-bond donors (Lipinski definition) is 1. The standard InChI is InChI=1S/C18H20N4O/c1-11(2)16-18(22-9-5-6-13(4)17(22)19-16)21-20-14-10-12(3)7-8-15(14)23/h5-11,23H,1-4H3. The van der Waals surface area contributed by atoms with Crippen molar-refractivity contribution in [3.8, 4) is 5.75 Å². The van der Waals surface area contributed by atoms with Gasteiger partial charge in [-0.1, -0.05) is 26.0 Å². The molecule has 0 saturated carbocycles. The highest BCUT2D eigenvalue weighted by Gasteiger charge is 2.16. The lowest BCUT2D eigenvalue weighted by molar-refractivity contribution is 0.476. The molecule has 3 aromatic rings. The van der Waals surface area contributed by atoms with Gasteiger partial charge in [-0.05, 0) is 49.1 Å². The van der Waals surface area contributed by atoms with Crippen LogP contribution in [0.3, 0.4) is 0 Å². The molecule has 5 nitrogen and oxygen atoms in total. The van der Waals surface area contributed by atoms with Crippen LogP contribution < -0.4 is 0 Å². The minimum absolute atomic E-state index is 0.121. The van der Waals surface area contributed by atoms with Crippen LogP contribution in [-0.4, -0.2) is 14.5 Å². The van der Waals surface area contributed by atoms with Gasteiger partial charge < -0.3 is 5.11 Å². The summed E-state index contributed by atoms with van der Waals surface area (Å²) in [5, 5.41) is 18.6. The molecule has 1 N–H and O–H groups in total. The van der Waals surface area contributed by atoms with Gasteiger partial charge >= 0.3 is 0 Å². The quantitative estimate of drug-likeness (QED) is 0.676. The van der Waals surface area contributed by atoms with Crippen molar-refractivity contribution in [1.29, 1.82) is 0 Å². The van der Waals surface area contributed by atoms with E-state index in [0.29, 0.717) is 11.5 Å². The molecule has 0 bridgehead atoms. The van der Waals surface area contributed by atoms with Crippen LogP contribution in [0.4, 0.5) is 11.5 Å². The predicted molar refractivity (Wildman–Crippen MR) is 91.0 cm³/mol. The molecule has 0 aliphatic carbocycles. The lowest BCUT2D eigenvalue weighted by Gasteiger charge is -2.03. The van der Waals surface area contributed by atoms with Crippen molar-refractivity contribution in [2.24, 2.45) is 10.2 Å². The Morgan fingerprint density at radius 1 is 1.13 bits per heavy atom. The van der Waals surface area contributed by atoms with Gasteiger partial charge in [0.1, 0.15) is 17.1 Å². The molecule has 118 valence electrons. The maximum atomic E-state index is 9.92. The number of aryl methyl sites for hydroxylation is 2. The zero-order chi connectivity index (χ0) is 16.6. The number of phenolic OH excluding ortho intramolecular Hbond substituents is 1. The molecule has 0 aliphatic rings. The van der Waals surface area contributed by atoms with Crippen LogP contribution in [0.25, 0.3) is 5.65 Å². The number of phenols is 1. The summed E-state index contributed by atoms with van der Waals surface area (Å²) in [4.78, 5) is 4.71. The molecule has 3 rings (SSSR count). The molecule has 23 heavy (non-hydrogen) atoms. The highest BCUT2D eigenvalue weighted by Crippen LogP contribution is 2.33. The second kappa shape index (κ2) is 5.83. The fourth-order valence-corrected chi connectivity index (χ4v) is 2.51. The van der Waals surface area contributed by atoms with Crippen LogP contribution in [0.1, 0.15) is 36.6 Å². The van der Waals surface area contributed by atoms with Gasteiger partial charge in [0.2, 0.25) is 0 Å². The molecular weight excluding hydrogens is 288 g/mol. The summed E-state index contributed by atoms with van der Waals surface area (Å²) in [6.07, 6.45) is 1.94. The Labute approximate surface area is 135 Å². The Morgan fingerprint density at radius 2 is 1.91 bits per heavy atom. The lowest BCUT2D eigenvalue weighted by Crippen LogP contribution is -1.87. The van der Waals surface area contributed by atoms with Gasteiger partial charge in [0, 0.05) is 6.20 Å². The van der Waals surface area contributed by atoms with E-state index in [1.165, 1.54) is 0 Å². The number of hydrogen-bond acceptors (Lipinski definition) is 4. The maximum absolute atomic E-state index is 9.92. The number of azo groups is 1. The van der Waals surface area contributed by atoms with Gasteiger partial charge in [-0.3, -0.25) is 4.40 Å². The molecule has 0 amide bonds. The SMILES string of the molecule is Cc1ccc(O)c(N=Nc2c(C(C)C)nc3c(C)cccn23)c1. The highest BCUT2D eigenvalue weighted by atomic mass is 16.3. The van der Waals surface area contributed by atoms with E-state index in [1.54, 1.807) is 6.07 Å². The number of aromatic hydroxyl groups is 1. The minimum atomic E-state index is 0.121. The molecule has 2 heterocycles. The third kappa shape index (κ3) is 2.82. The van der Waals surface area contributed by atoms with Crippen molar-refractivity contribution >= 4 is 17.2 Å². The Morgan fingerprint density at radius 3 is 2.65 bits per heavy atom. The summed E-state index contributed by atoms with van der Waals surface area (Å²) >= 11 is 0. The largest absolute Gasteiger partial charge is 0.506 e. The number of pyridine rings is 1. The van der Waals surface area contributed by atoms with E-state index in [9.17, 15) is 5.11 Å². The van der Waals surface area contributed by atoms with Crippen LogP contribution in [0, 0.1) is 13.8 Å². The average Bonchev–Trinajstić information content (AvgIpc) is 2.89. The molecule has 0 aliphatic heterocycles. The van der Waals surface area contributed by atoms with Crippen LogP contribution in [0.2, 0.25) is 0 Å². The van der Waals surface area contributed by atoms with E-state index in [2.05, 4.69) is 24.1 Å². The molecule has 0 spiro atoms. The number of imidazole rings is 1. The van der Waals surface area contributed by atoms with Crippen molar-refractivity contribution in [2.45, 2.75) is 33.6 Å². The van der Waals surface area contributed by atoms with Crippen LogP contribution >= 0.6 is 0 Å². The second-order valence-electron chi connectivity index (χ2n) is 6.05. The summed E-state index contributed by atoms with van der Waals surface area (Å²) in [7, 11) is 0. The zero-order valence-corrected chi connectivity index (χ0v) is 13.8. The van der Waals surface area contributed by atoms with Crippen molar-refractivity contribution in [3.05, 3.63) is 53.3 Å². The van der Waals surface area contributed by atoms with E-state index in [0.717, 1.165) is 22.5 Å². The number of benzene rings is 1. The van der Waals surface area contributed by atoms with Gasteiger partial charge in [-0.15, -0.1) is 10.2 Å². The molecule has 1 aromatic carbocycles.